The molecule has 2 aromatic rings. The van der Waals surface area contributed by atoms with Gasteiger partial charge in [-0.2, -0.15) is 0 Å². The molecule has 0 aliphatic carbocycles. The van der Waals surface area contributed by atoms with Crippen LogP contribution in [0.15, 0.2) is 28.7 Å². The van der Waals surface area contributed by atoms with E-state index in [1.54, 1.807) is 19.1 Å². The van der Waals surface area contributed by atoms with Crippen LogP contribution >= 0.6 is 27.5 Å². The molecule has 0 bridgehead atoms. The van der Waals surface area contributed by atoms with Gasteiger partial charge in [0.1, 0.15) is 5.82 Å². The van der Waals surface area contributed by atoms with E-state index in [1.165, 1.54) is 6.07 Å². The second-order valence-corrected chi connectivity index (χ2v) is 6.21. The summed E-state index contributed by atoms with van der Waals surface area (Å²) >= 11 is 9.05. The molecule has 0 amide bonds. The largest absolute Gasteiger partial charge is 0.318 e. The lowest BCUT2D eigenvalue weighted by Gasteiger charge is -2.11. The van der Waals surface area contributed by atoms with Crippen LogP contribution in [0.1, 0.15) is 28.7 Å². The fourth-order valence-electron chi connectivity index (χ4n) is 2.25. The number of hydrogen-bond donors (Lipinski definition) is 0. The molecule has 0 saturated carbocycles. The summed E-state index contributed by atoms with van der Waals surface area (Å²) in [6.07, 6.45) is 0. The Labute approximate surface area is 130 Å². The van der Waals surface area contributed by atoms with Crippen LogP contribution in [0.3, 0.4) is 0 Å². The first-order valence-electron chi connectivity index (χ1n) is 6.15. The van der Waals surface area contributed by atoms with E-state index in [1.807, 2.05) is 24.5 Å². The average molecular weight is 359 g/mol. The summed E-state index contributed by atoms with van der Waals surface area (Å²) in [5.41, 5.74) is 3.11. The zero-order valence-electron chi connectivity index (χ0n) is 11.4. The topological polar surface area (TPSA) is 22.0 Å². The highest BCUT2D eigenvalue weighted by atomic mass is 79.9. The van der Waals surface area contributed by atoms with Crippen LogP contribution < -0.4 is 0 Å². The quantitative estimate of drug-likeness (QED) is 0.570. The first-order valence-corrected chi connectivity index (χ1v) is 7.38. The van der Waals surface area contributed by atoms with Gasteiger partial charge in [0.25, 0.3) is 0 Å². The van der Waals surface area contributed by atoms with Crippen LogP contribution in [0.25, 0.3) is 5.69 Å². The summed E-state index contributed by atoms with van der Waals surface area (Å²) in [7, 11) is 0. The minimum atomic E-state index is -0.566. The van der Waals surface area contributed by atoms with E-state index in [9.17, 15) is 9.18 Å². The summed E-state index contributed by atoms with van der Waals surface area (Å²) < 4.78 is 15.6. The predicted molar refractivity (Wildman–Crippen MR) is 82.5 cm³/mol. The van der Waals surface area contributed by atoms with Gasteiger partial charge >= 0.3 is 0 Å². The molecule has 1 heterocycles. The van der Waals surface area contributed by atoms with E-state index >= 15 is 0 Å². The van der Waals surface area contributed by atoms with Crippen molar-refractivity contribution in [3.8, 4) is 5.69 Å². The van der Waals surface area contributed by atoms with Crippen LogP contribution in [-0.2, 0) is 0 Å². The van der Waals surface area contributed by atoms with Crippen LogP contribution in [-0.4, -0.2) is 15.7 Å². The summed E-state index contributed by atoms with van der Waals surface area (Å²) in [5, 5.41) is -0.566. The number of aromatic nitrogens is 1. The number of Topliss-reactive ketones (excluding diaryl/α,β-unsaturated/α-hetero) is 1. The SMILES string of the molecule is Cc1cc(C(=O)C(C)Cl)c(C)n1-c1ccc(F)c(Br)c1. The van der Waals surface area contributed by atoms with E-state index in [0.717, 1.165) is 17.1 Å². The third-order valence-corrected chi connectivity index (χ3v) is 4.03. The van der Waals surface area contributed by atoms with Crippen molar-refractivity contribution in [3.05, 3.63) is 51.5 Å². The number of hydrogen-bond acceptors (Lipinski definition) is 1. The van der Waals surface area contributed by atoms with Crippen molar-refractivity contribution in [2.45, 2.75) is 26.1 Å². The number of alkyl halides is 1. The highest BCUT2D eigenvalue weighted by molar-refractivity contribution is 9.10. The van der Waals surface area contributed by atoms with Crippen molar-refractivity contribution >= 4 is 33.3 Å². The Morgan fingerprint density at radius 1 is 1.35 bits per heavy atom. The van der Waals surface area contributed by atoms with Crippen LogP contribution in [0.5, 0.6) is 0 Å². The summed E-state index contributed by atoms with van der Waals surface area (Å²) in [6, 6.07) is 6.57. The number of rotatable bonds is 3. The Kier molecular flexibility index (Phi) is 4.35. The standard InChI is InChI=1S/C15H14BrClFNO/c1-8-6-12(15(20)9(2)17)10(3)19(8)11-4-5-14(18)13(16)7-11/h4-7,9H,1-3H3. The first kappa shape index (κ1) is 15.3. The van der Waals surface area contributed by atoms with Crippen molar-refractivity contribution in [2.75, 3.05) is 0 Å². The zero-order valence-corrected chi connectivity index (χ0v) is 13.7. The Morgan fingerprint density at radius 2 is 2.00 bits per heavy atom. The van der Waals surface area contributed by atoms with Crippen molar-refractivity contribution < 1.29 is 9.18 Å². The van der Waals surface area contributed by atoms with Gasteiger partial charge < -0.3 is 4.57 Å². The van der Waals surface area contributed by atoms with E-state index in [0.29, 0.717) is 10.0 Å². The zero-order chi connectivity index (χ0) is 15.0. The molecule has 106 valence electrons. The Hall–Kier alpha value is -1.13. The lowest BCUT2D eigenvalue weighted by molar-refractivity contribution is 0.0991. The molecule has 5 heteroatoms. The molecule has 20 heavy (non-hydrogen) atoms. The second kappa shape index (κ2) is 5.70. The predicted octanol–water partition coefficient (Wildman–Crippen LogP) is 4.81. The molecule has 1 atom stereocenters. The van der Waals surface area contributed by atoms with Gasteiger partial charge in [-0.05, 0) is 61.0 Å². The highest BCUT2D eigenvalue weighted by Crippen LogP contribution is 2.26. The molecular weight excluding hydrogens is 345 g/mol. The molecule has 0 N–H and O–H groups in total. The summed E-state index contributed by atoms with van der Waals surface area (Å²) in [6.45, 7) is 5.42. The van der Waals surface area contributed by atoms with Gasteiger partial charge in [-0.15, -0.1) is 11.6 Å². The average Bonchev–Trinajstić information content (AvgIpc) is 2.67. The van der Waals surface area contributed by atoms with Crippen LogP contribution in [0.4, 0.5) is 4.39 Å². The van der Waals surface area contributed by atoms with Gasteiger partial charge in [-0.3, -0.25) is 4.79 Å². The Morgan fingerprint density at radius 3 is 2.55 bits per heavy atom. The lowest BCUT2D eigenvalue weighted by Crippen LogP contribution is -2.11. The maximum Gasteiger partial charge on any atom is 0.182 e. The monoisotopic (exact) mass is 357 g/mol. The molecule has 2 nitrogen and oxygen atoms in total. The molecule has 0 saturated heterocycles. The fourth-order valence-corrected chi connectivity index (χ4v) is 2.73. The molecule has 2 rings (SSSR count). The molecule has 1 unspecified atom stereocenters. The van der Waals surface area contributed by atoms with E-state index < -0.39 is 5.38 Å². The van der Waals surface area contributed by atoms with Gasteiger partial charge in [0.15, 0.2) is 5.78 Å². The molecular formula is C15H14BrClFNO. The molecule has 1 aromatic carbocycles. The number of halogens is 3. The highest BCUT2D eigenvalue weighted by Gasteiger charge is 2.20. The van der Waals surface area contributed by atoms with Crippen LogP contribution in [0, 0.1) is 19.7 Å². The van der Waals surface area contributed by atoms with Gasteiger partial charge in [-0.1, -0.05) is 0 Å². The van der Waals surface area contributed by atoms with Gasteiger partial charge in [0, 0.05) is 22.6 Å². The minimum Gasteiger partial charge on any atom is -0.318 e. The van der Waals surface area contributed by atoms with Gasteiger partial charge in [0.05, 0.1) is 9.85 Å². The molecule has 0 aliphatic rings. The van der Waals surface area contributed by atoms with E-state index in [2.05, 4.69) is 15.9 Å². The normalized spacial score (nSPS) is 12.5. The number of benzene rings is 1. The second-order valence-electron chi connectivity index (χ2n) is 4.70. The third-order valence-electron chi connectivity index (χ3n) is 3.22. The maximum atomic E-state index is 13.3. The molecule has 0 aliphatic heterocycles. The molecule has 0 spiro atoms. The number of carbonyl (C=O) groups is 1. The fraction of sp³-hybridized carbons (Fsp3) is 0.267. The number of nitrogens with zero attached hydrogens (tertiary/aromatic N) is 1. The van der Waals surface area contributed by atoms with Crippen molar-refractivity contribution in [3.63, 3.8) is 0 Å². The molecule has 0 radical (unpaired) electrons. The Balaban J connectivity index is 2.58. The lowest BCUT2D eigenvalue weighted by atomic mass is 10.1. The first-order chi connectivity index (χ1) is 9.32. The number of ketones is 1. The Bertz CT molecular complexity index is 679. The van der Waals surface area contributed by atoms with E-state index in [4.69, 9.17) is 11.6 Å². The number of aryl methyl sites for hydroxylation is 1. The van der Waals surface area contributed by atoms with Crippen molar-refractivity contribution in [2.24, 2.45) is 0 Å². The van der Waals surface area contributed by atoms with Gasteiger partial charge in [0.2, 0.25) is 0 Å². The smallest absolute Gasteiger partial charge is 0.182 e. The van der Waals surface area contributed by atoms with Crippen LogP contribution in [0.2, 0.25) is 0 Å². The molecule has 1 aromatic heterocycles. The summed E-state index contributed by atoms with van der Waals surface area (Å²) in [4.78, 5) is 12.1. The van der Waals surface area contributed by atoms with Gasteiger partial charge in [-0.25, -0.2) is 4.39 Å². The van der Waals surface area contributed by atoms with Crippen molar-refractivity contribution in [1.29, 1.82) is 0 Å². The third kappa shape index (κ3) is 2.67. The minimum absolute atomic E-state index is 0.104. The van der Waals surface area contributed by atoms with E-state index in [-0.39, 0.29) is 11.6 Å². The maximum absolute atomic E-state index is 13.3. The summed E-state index contributed by atoms with van der Waals surface area (Å²) in [5.74, 6) is -0.422. The molecule has 0 fully saturated rings. The van der Waals surface area contributed by atoms with Crippen molar-refractivity contribution in [1.82, 2.24) is 4.57 Å². The number of carbonyl (C=O) groups excluding carboxylic acids is 1.